The Balaban J connectivity index is 2.35. The summed E-state index contributed by atoms with van der Waals surface area (Å²) in [5.74, 6) is 0. The van der Waals surface area contributed by atoms with Gasteiger partial charge in [0.25, 0.3) is 0 Å². The Kier molecular flexibility index (Phi) is 4.20. The molecular weight excluding hydrogens is 180 g/mol. The fraction of sp³-hybridized carbons (Fsp3) is 0.900. The van der Waals surface area contributed by atoms with E-state index in [1.165, 1.54) is 12.8 Å². The summed E-state index contributed by atoms with van der Waals surface area (Å²) < 4.78 is 0. The Morgan fingerprint density at radius 1 is 1.29 bits per heavy atom. The minimum absolute atomic E-state index is 0.220. The predicted octanol–water partition coefficient (Wildman–Crippen LogP) is 1.00. The summed E-state index contributed by atoms with van der Waals surface area (Å²) in [6, 6.07) is -0.220. The molecule has 14 heavy (non-hydrogen) atoms. The maximum Gasteiger partial charge on any atom is 0.314 e. The van der Waals surface area contributed by atoms with Crippen LogP contribution in [0.3, 0.4) is 0 Å². The minimum Gasteiger partial charge on any atom is -0.388 e. The van der Waals surface area contributed by atoms with Crippen molar-refractivity contribution >= 4 is 6.03 Å². The molecule has 4 nitrogen and oxygen atoms in total. The van der Waals surface area contributed by atoms with Crippen LogP contribution in [0.15, 0.2) is 0 Å². The van der Waals surface area contributed by atoms with E-state index in [2.05, 4.69) is 10.6 Å². The lowest BCUT2D eigenvalue weighted by molar-refractivity contribution is 0.0277. The van der Waals surface area contributed by atoms with E-state index < -0.39 is 5.60 Å². The SMILES string of the molecule is CNC(=O)NCC1(O)CCCCCC1. The van der Waals surface area contributed by atoms with Gasteiger partial charge in [-0.25, -0.2) is 4.79 Å². The highest BCUT2D eigenvalue weighted by Crippen LogP contribution is 2.26. The van der Waals surface area contributed by atoms with Crippen LogP contribution in [0, 0.1) is 0 Å². The van der Waals surface area contributed by atoms with E-state index in [0.29, 0.717) is 6.54 Å². The maximum absolute atomic E-state index is 10.9. The Morgan fingerprint density at radius 3 is 2.36 bits per heavy atom. The Bertz CT molecular complexity index is 187. The van der Waals surface area contributed by atoms with Gasteiger partial charge < -0.3 is 15.7 Å². The van der Waals surface area contributed by atoms with Crippen LogP contribution >= 0.6 is 0 Å². The molecule has 1 fully saturated rings. The number of rotatable bonds is 2. The van der Waals surface area contributed by atoms with Crippen LogP contribution in [0.4, 0.5) is 4.79 Å². The van der Waals surface area contributed by atoms with E-state index in [-0.39, 0.29) is 6.03 Å². The van der Waals surface area contributed by atoms with Crippen molar-refractivity contribution in [2.24, 2.45) is 0 Å². The third kappa shape index (κ3) is 3.54. The van der Waals surface area contributed by atoms with Gasteiger partial charge in [0.2, 0.25) is 0 Å². The normalized spacial score (nSPS) is 21.0. The van der Waals surface area contributed by atoms with Gasteiger partial charge in [0.1, 0.15) is 0 Å². The molecule has 1 aliphatic carbocycles. The lowest BCUT2D eigenvalue weighted by Crippen LogP contribution is -2.45. The average Bonchev–Trinajstić information content (AvgIpc) is 2.40. The van der Waals surface area contributed by atoms with Gasteiger partial charge in [0.05, 0.1) is 5.60 Å². The first-order chi connectivity index (χ1) is 6.66. The second-order valence-corrected chi connectivity index (χ2v) is 4.07. The van der Waals surface area contributed by atoms with Crippen molar-refractivity contribution in [3.63, 3.8) is 0 Å². The molecule has 1 rings (SSSR count). The third-order valence-corrected chi connectivity index (χ3v) is 2.84. The number of aliphatic hydroxyl groups is 1. The van der Waals surface area contributed by atoms with Crippen molar-refractivity contribution in [2.75, 3.05) is 13.6 Å². The predicted molar refractivity (Wildman–Crippen MR) is 55.1 cm³/mol. The van der Waals surface area contributed by atoms with Gasteiger partial charge in [0, 0.05) is 13.6 Å². The third-order valence-electron chi connectivity index (χ3n) is 2.84. The molecule has 0 aromatic heterocycles. The molecule has 0 radical (unpaired) electrons. The number of carbonyl (C=O) groups excluding carboxylic acids is 1. The van der Waals surface area contributed by atoms with Crippen LogP contribution in [0.25, 0.3) is 0 Å². The second-order valence-electron chi connectivity index (χ2n) is 4.07. The van der Waals surface area contributed by atoms with E-state index in [9.17, 15) is 9.90 Å². The molecule has 0 aromatic rings. The fourth-order valence-electron chi connectivity index (χ4n) is 1.90. The Labute approximate surface area is 85.1 Å². The summed E-state index contributed by atoms with van der Waals surface area (Å²) in [6.45, 7) is 0.368. The number of carbonyl (C=O) groups is 1. The average molecular weight is 200 g/mol. The molecule has 0 atom stereocenters. The molecule has 3 N–H and O–H groups in total. The monoisotopic (exact) mass is 200 g/mol. The zero-order valence-corrected chi connectivity index (χ0v) is 8.81. The molecule has 0 heterocycles. The van der Waals surface area contributed by atoms with Crippen LogP contribution in [0.1, 0.15) is 38.5 Å². The van der Waals surface area contributed by atoms with Crippen molar-refractivity contribution in [3.8, 4) is 0 Å². The number of hydrogen-bond acceptors (Lipinski definition) is 2. The van der Waals surface area contributed by atoms with Gasteiger partial charge in [-0.15, -0.1) is 0 Å². The van der Waals surface area contributed by atoms with Crippen LogP contribution < -0.4 is 10.6 Å². The first-order valence-electron chi connectivity index (χ1n) is 5.34. The van der Waals surface area contributed by atoms with Gasteiger partial charge in [-0.1, -0.05) is 25.7 Å². The molecule has 0 aromatic carbocycles. The van der Waals surface area contributed by atoms with E-state index in [1.54, 1.807) is 7.05 Å². The summed E-state index contributed by atoms with van der Waals surface area (Å²) in [5, 5.41) is 15.3. The van der Waals surface area contributed by atoms with Gasteiger partial charge in [0.15, 0.2) is 0 Å². The molecule has 0 aliphatic heterocycles. The topological polar surface area (TPSA) is 61.4 Å². The standard InChI is InChI=1S/C10H20N2O2/c1-11-9(13)12-8-10(14)6-4-2-3-5-7-10/h14H,2-8H2,1H3,(H2,11,12,13). The van der Waals surface area contributed by atoms with Crippen molar-refractivity contribution < 1.29 is 9.90 Å². The molecule has 1 saturated carbocycles. The van der Waals surface area contributed by atoms with Crippen molar-refractivity contribution in [2.45, 2.75) is 44.1 Å². The van der Waals surface area contributed by atoms with Crippen LogP contribution in [0.2, 0.25) is 0 Å². The maximum atomic E-state index is 10.9. The lowest BCUT2D eigenvalue weighted by atomic mass is 9.95. The van der Waals surface area contributed by atoms with Crippen molar-refractivity contribution in [1.29, 1.82) is 0 Å². The second kappa shape index (κ2) is 5.20. The van der Waals surface area contributed by atoms with Crippen LogP contribution in [0.5, 0.6) is 0 Å². The van der Waals surface area contributed by atoms with E-state index in [0.717, 1.165) is 25.7 Å². The van der Waals surface area contributed by atoms with Gasteiger partial charge in [-0.3, -0.25) is 0 Å². The first kappa shape index (κ1) is 11.3. The molecule has 0 unspecified atom stereocenters. The molecule has 82 valence electrons. The summed E-state index contributed by atoms with van der Waals surface area (Å²) in [7, 11) is 1.58. The summed E-state index contributed by atoms with van der Waals surface area (Å²) >= 11 is 0. The van der Waals surface area contributed by atoms with Crippen LogP contribution in [-0.4, -0.2) is 30.3 Å². The van der Waals surface area contributed by atoms with Gasteiger partial charge in [-0.2, -0.15) is 0 Å². The van der Waals surface area contributed by atoms with Crippen LogP contribution in [-0.2, 0) is 0 Å². The Morgan fingerprint density at radius 2 is 1.86 bits per heavy atom. The molecule has 0 spiro atoms. The quantitative estimate of drug-likeness (QED) is 0.582. The highest BCUT2D eigenvalue weighted by molar-refractivity contribution is 5.73. The smallest absolute Gasteiger partial charge is 0.314 e. The minimum atomic E-state index is -0.678. The molecule has 4 heteroatoms. The first-order valence-corrected chi connectivity index (χ1v) is 5.34. The summed E-state index contributed by atoms with van der Waals surface area (Å²) in [4.78, 5) is 10.9. The molecular formula is C10H20N2O2. The zero-order valence-electron chi connectivity index (χ0n) is 8.81. The van der Waals surface area contributed by atoms with E-state index in [4.69, 9.17) is 0 Å². The van der Waals surface area contributed by atoms with Gasteiger partial charge >= 0.3 is 6.03 Å². The highest BCUT2D eigenvalue weighted by atomic mass is 16.3. The van der Waals surface area contributed by atoms with E-state index >= 15 is 0 Å². The zero-order chi connectivity index (χ0) is 10.4. The van der Waals surface area contributed by atoms with Gasteiger partial charge in [-0.05, 0) is 12.8 Å². The number of amides is 2. The van der Waals surface area contributed by atoms with Crippen molar-refractivity contribution in [1.82, 2.24) is 10.6 Å². The molecule has 1 aliphatic rings. The fourth-order valence-corrected chi connectivity index (χ4v) is 1.90. The number of urea groups is 1. The molecule has 2 amide bonds. The molecule has 0 bridgehead atoms. The largest absolute Gasteiger partial charge is 0.388 e. The Hall–Kier alpha value is -0.770. The van der Waals surface area contributed by atoms with E-state index in [1.807, 2.05) is 0 Å². The summed E-state index contributed by atoms with van der Waals surface area (Å²) in [5.41, 5.74) is -0.678. The number of nitrogens with one attached hydrogen (secondary N) is 2. The lowest BCUT2D eigenvalue weighted by Gasteiger charge is -2.26. The number of hydrogen-bond donors (Lipinski definition) is 3. The highest BCUT2D eigenvalue weighted by Gasteiger charge is 2.27. The molecule has 0 saturated heterocycles. The summed E-state index contributed by atoms with van der Waals surface area (Å²) in [6.07, 6.45) is 6.12. The van der Waals surface area contributed by atoms with Crippen molar-refractivity contribution in [3.05, 3.63) is 0 Å².